The first-order valence-electron chi connectivity index (χ1n) is 5.18. The summed E-state index contributed by atoms with van der Waals surface area (Å²) in [5.74, 6) is 0.704. The summed E-state index contributed by atoms with van der Waals surface area (Å²) in [4.78, 5) is 13.1. The Morgan fingerprint density at radius 3 is 3.00 bits per heavy atom. The SMILES string of the molecule is CSc1ccnc(-c2cnc3ccccn23)n1. The van der Waals surface area contributed by atoms with Crippen LogP contribution >= 0.6 is 11.8 Å². The molecule has 84 valence electrons. The molecule has 0 N–H and O–H groups in total. The molecule has 4 nitrogen and oxygen atoms in total. The predicted molar refractivity (Wildman–Crippen MR) is 68.0 cm³/mol. The van der Waals surface area contributed by atoms with Gasteiger partial charge in [0.1, 0.15) is 11.3 Å². The lowest BCUT2D eigenvalue weighted by molar-refractivity contribution is 1.03. The zero-order chi connectivity index (χ0) is 11.7. The normalized spacial score (nSPS) is 10.9. The van der Waals surface area contributed by atoms with Crippen molar-refractivity contribution in [1.29, 1.82) is 0 Å². The van der Waals surface area contributed by atoms with Crippen LogP contribution in [0.15, 0.2) is 47.9 Å². The molecule has 0 aromatic carbocycles. The summed E-state index contributed by atoms with van der Waals surface area (Å²) in [6.07, 6.45) is 7.54. The fourth-order valence-electron chi connectivity index (χ4n) is 1.68. The number of thioether (sulfide) groups is 1. The molecule has 0 bridgehead atoms. The molecule has 0 saturated heterocycles. The molecule has 3 heterocycles. The maximum atomic E-state index is 4.47. The van der Waals surface area contributed by atoms with Gasteiger partial charge >= 0.3 is 0 Å². The summed E-state index contributed by atoms with van der Waals surface area (Å²) in [6, 6.07) is 7.79. The van der Waals surface area contributed by atoms with Gasteiger partial charge in [-0.2, -0.15) is 0 Å². The lowest BCUT2D eigenvalue weighted by Crippen LogP contribution is -1.93. The zero-order valence-corrected chi connectivity index (χ0v) is 10.1. The van der Waals surface area contributed by atoms with E-state index in [1.54, 1.807) is 24.2 Å². The Kier molecular flexibility index (Phi) is 2.53. The van der Waals surface area contributed by atoms with Gasteiger partial charge in [0.25, 0.3) is 0 Å². The minimum Gasteiger partial charge on any atom is -0.297 e. The third-order valence-electron chi connectivity index (χ3n) is 2.49. The van der Waals surface area contributed by atoms with Crippen LogP contribution in [0.25, 0.3) is 17.2 Å². The van der Waals surface area contributed by atoms with Crippen molar-refractivity contribution in [3.05, 3.63) is 42.9 Å². The van der Waals surface area contributed by atoms with Gasteiger partial charge in [0.2, 0.25) is 0 Å². The van der Waals surface area contributed by atoms with Gasteiger partial charge in [-0.1, -0.05) is 6.07 Å². The Morgan fingerprint density at radius 1 is 1.18 bits per heavy atom. The molecular weight excluding hydrogens is 232 g/mol. The highest BCUT2D eigenvalue weighted by Gasteiger charge is 2.08. The maximum Gasteiger partial charge on any atom is 0.179 e. The molecule has 0 unspecified atom stereocenters. The van der Waals surface area contributed by atoms with Crippen molar-refractivity contribution in [3.63, 3.8) is 0 Å². The second-order valence-corrected chi connectivity index (χ2v) is 4.32. The minimum atomic E-state index is 0.704. The van der Waals surface area contributed by atoms with Crippen LogP contribution in [0.1, 0.15) is 0 Å². The predicted octanol–water partition coefficient (Wildman–Crippen LogP) is 2.51. The Bertz CT molecular complexity index is 662. The summed E-state index contributed by atoms with van der Waals surface area (Å²) in [6.45, 7) is 0. The van der Waals surface area contributed by atoms with E-state index in [1.807, 2.05) is 41.1 Å². The van der Waals surface area contributed by atoms with Crippen LogP contribution in [0.4, 0.5) is 0 Å². The van der Waals surface area contributed by atoms with Gasteiger partial charge < -0.3 is 0 Å². The van der Waals surface area contributed by atoms with Crippen LogP contribution in [0, 0.1) is 0 Å². The summed E-state index contributed by atoms with van der Waals surface area (Å²) in [5.41, 5.74) is 1.82. The van der Waals surface area contributed by atoms with Crippen LogP contribution in [-0.4, -0.2) is 25.6 Å². The summed E-state index contributed by atoms with van der Waals surface area (Å²) < 4.78 is 1.99. The third-order valence-corrected chi connectivity index (χ3v) is 3.13. The van der Waals surface area contributed by atoms with Gasteiger partial charge in [0, 0.05) is 12.4 Å². The molecular formula is C12H10N4S. The van der Waals surface area contributed by atoms with E-state index in [9.17, 15) is 0 Å². The van der Waals surface area contributed by atoms with Crippen molar-refractivity contribution >= 4 is 17.4 Å². The summed E-state index contributed by atoms with van der Waals surface area (Å²) >= 11 is 1.60. The average molecular weight is 242 g/mol. The van der Waals surface area contributed by atoms with Crippen molar-refractivity contribution in [2.75, 3.05) is 6.26 Å². The Labute approximate surface area is 103 Å². The lowest BCUT2D eigenvalue weighted by Gasteiger charge is -2.01. The summed E-state index contributed by atoms with van der Waals surface area (Å²) in [5, 5.41) is 0.959. The van der Waals surface area contributed by atoms with Gasteiger partial charge in [0.15, 0.2) is 5.82 Å². The lowest BCUT2D eigenvalue weighted by atomic mass is 10.4. The fraction of sp³-hybridized carbons (Fsp3) is 0.0833. The molecule has 3 aromatic heterocycles. The first kappa shape index (κ1) is 10.3. The number of aromatic nitrogens is 4. The second kappa shape index (κ2) is 4.18. The molecule has 0 aliphatic heterocycles. The molecule has 3 aromatic rings. The van der Waals surface area contributed by atoms with Crippen LogP contribution in [0.3, 0.4) is 0 Å². The molecule has 0 aliphatic rings. The molecule has 0 atom stereocenters. The molecule has 0 radical (unpaired) electrons. The highest BCUT2D eigenvalue weighted by molar-refractivity contribution is 7.98. The summed E-state index contributed by atoms with van der Waals surface area (Å²) in [7, 11) is 0. The van der Waals surface area contributed by atoms with Crippen LogP contribution in [-0.2, 0) is 0 Å². The quantitative estimate of drug-likeness (QED) is 0.511. The first-order chi connectivity index (χ1) is 8.38. The largest absolute Gasteiger partial charge is 0.297 e. The van der Waals surface area contributed by atoms with E-state index in [-0.39, 0.29) is 0 Å². The van der Waals surface area contributed by atoms with Crippen molar-refractivity contribution in [1.82, 2.24) is 19.4 Å². The number of hydrogen-bond donors (Lipinski definition) is 0. The monoisotopic (exact) mass is 242 g/mol. The number of pyridine rings is 1. The molecule has 17 heavy (non-hydrogen) atoms. The van der Waals surface area contributed by atoms with E-state index in [0.717, 1.165) is 16.4 Å². The number of fused-ring (bicyclic) bond motifs is 1. The zero-order valence-electron chi connectivity index (χ0n) is 9.24. The smallest absolute Gasteiger partial charge is 0.179 e. The maximum absolute atomic E-state index is 4.47. The molecule has 0 spiro atoms. The van der Waals surface area contributed by atoms with E-state index in [2.05, 4.69) is 15.0 Å². The van der Waals surface area contributed by atoms with Crippen molar-refractivity contribution < 1.29 is 0 Å². The molecule has 0 saturated carbocycles. The second-order valence-electron chi connectivity index (χ2n) is 3.49. The average Bonchev–Trinajstić information content (AvgIpc) is 2.82. The fourth-order valence-corrected chi connectivity index (χ4v) is 2.05. The van der Waals surface area contributed by atoms with Crippen molar-refractivity contribution in [3.8, 4) is 11.5 Å². The van der Waals surface area contributed by atoms with Gasteiger partial charge in [0.05, 0.1) is 11.2 Å². The standard InChI is InChI=1S/C12H10N4S/c1-17-11-5-6-13-12(15-11)9-8-14-10-4-2-3-7-16(9)10/h2-8H,1H3. The Morgan fingerprint density at radius 2 is 2.12 bits per heavy atom. The van der Waals surface area contributed by atoms with Gasteiger partial charge in [-0.25, -0.2) is 15.0 Å². The van der Waals surface area contributed by atoms with Gasteiger partial charge in [-0.05, 0) is 24.5 Å². The van der Waals surface area contributed by atoms with Crippen LogP contribution < -0.4 is 0 Å². The van der Waals surface area contributed by atoms with Crippen LogP contribution in [0.5, 0.6) is 0 Å². The number of rotatable bonds is 2. The van der Waals surface area contributed by atoms with E-state index >= 15 is 0 Å². The number of hydrogen-bond acceptors (Lipinski definition) is 4. The molecule has 3 rings (SSSR count). The number of nitrogens with zero attached hydrogens (tertiary/aromatic N) is 4. The Hall–Kier alpha value is -1.88. The molecule has 5 heteroatoms. The molecule has 0 fully saturated rings. The number of imidazole rings is 1. The highest BCUT2D eigenvalue weighted by atomic mass is 32.2. The van der Waals surface area contributed by atoms with Crippen LogP contribution in [0.2, 0.25) is 0 Å². The first-order valence-corrected chi connectivity index (χ1v) is 6.40. The van der Waals surface area contributed by atoms with E-state index < -0.39 is 0 Å². The molecule has 0 aliphatic carbocycles. The van der Waals surface area contributed by atoms with Crippen molar-refractivity contribution in [2.24, 2.45) is 0 Å². The van der Waals surface area contributed by atoms with E-state index in [1.165, 1.54) is 0 Å². The topological polar surface area (TPSA) is 43.1 Å². The third kappa shape index (κ3) is 1.78. The minimum absolute atomic E-state index is 0.704. The van der Waals surface area contributed by atoms with Crippen molar-refractivity contribution in [2.45, 2.75) is 5.03 Å². The van der Waals surface area contributed by atoms with E-state index in [0.29, 0.717) is 5.82 Å². The Balaban J connectivity index is 2.20. The van der Waals surface area contributed by atoms with Gasteiger partial charge in [-0.15, -0.1) is 11.8 Å². The molecule has 0 amide bonds. The highest BCUT2D eigenvalue weighted by Crippen LogP contribution is 2.19. The van der Waals surface area contributed by atoms with E-state index in [4.69, 9.17) is 0 Å². The van der Waals surface area contributed by atoms with Gasteiger partial charge in [-0.3, -0.25) is 4.40 Å².